The summed E-state index contributed by atoms with van der Waals surface area (Å²) in [5, 5.41) is 4.40. The molecule has 0 saturated carbocycles. The molecule has 1 aliphatic carbocycles. The molecule has 0 unspecified atom stereocenters. The van der Waals surface area contributed by atoms with Crippen LogP contribution in [0.25, 0.3) is 88.9 Å². The summed E-state index contributed by atoms with van der Waals surface area (Å²) in [7, 11) is 0. The molecule has 0 fully saturated rings. The molecule has 3 aromatic heterocycles. The highest BCUT2D eigenvalue weighted by molar-refractivity contribution is 6.16. The summed E-state index contributed by atoms with van der Waals surface area (Å²) in [6, 6.07) is 48.6. The fourth-order valence-corrected chi connectivity index (χ4v) is 7.36. The third-order valence-corrected chi connectivity index (χ3v) is 9.68. The van der Waals surface area contributed by atoms with Crippen molar-refractivity contribution in [1.29, 1.82) is 0 Å². The summed E-state index contributed by atoms with van der Waals surface area (Å²) in [6.45, 7) is 0. The summed E-state index contributed by atoms with van der Waals surface area (Å²) in [6.07, 6.45) is 8.50. The summed E-state index contributed by atoms with van der Waals surface area (Å²) in [5.74, 6) is 1.95. The molecule has 0 N–H and O–H groups in total. The van der Waals surface area contributed by atoms with Crippen molar-refractivity contribution in [3.63, 3.8) is 0 Å². The SMILES string of the molecule is C1=CC(c2nc(-c3ccccc3)nc(-c3cccc4oc5c(-n6c7ccccc7c7cc(-c8ccccc8)ccc76)cccc5c34)n2)=CCC1. The predicted molar refractivity (Wildman–Crippen MR) is 204 cm³/mol. The molecule has 236 valence electrons. The molecule has 0 spiro atoms. The molecule has 0 radical (unpaired) electrons. The van der Waals surface area contributed by atoms with E-state index in [0.717, 1.165) is 68.2 Å². The predicted octanol–water partition coefficient (Wildman–Crippen LogP) is 11.6. The smallest absolute Gasteiger partial charge is 0.164 e. The van der Waals surface area contributed by atoms with Crippen LogP contribution in [0.15, 0.2) is 162 Å². The van der Waals surface area contributed by atoms with Gasteiger partial charge in [-0.25, -0.2) is 15.0 Å². The van der Waals surface area contributed by atoms with Gasteiger partial charge in [0.15, 0.2) is 23.1 Å². The minimum absolute atomic E-state index is 0.623. The van der Waals surface area contributed by atoms with Gasteiger partial charge in [-0.15, -0.1) is 0 Å². The molecule has 10 rings (SSSR count). The molecule has 0 saturated heterocycles. The van der Waals surface area contributed by atoms with E-state index in [2.05, 4.69) is 120 Å². The van der Waals surface area contributed by atoms with Crippen molar-refractivity contribution in [2.75, 3.05) is 0 Å². The molecule has 9 aromatic rings. The molecule has 0 bridgehead atoms. The highest BCUT2D eigenvalue weighted by Crippen LogP contribution is 2.41. The van der Waals surface area contributed by atoms with Crippen LogP contribution >= 0.6 is 0 Å². The van der Waals surface area contributed by atoms with Crippen molar-refractivity contribution in [2.45, 2.75) is 12.8 Å². The van der Waals surface area contributed by atoms with Crippen LogP contribution in [0.3, 0.4) is 0 Å². The van der Waals surface area contributed by atoms with Crippen LogP contribution in [0.1, 0.15) is 18.7 Å². The zero-order valence-corrected chi connectivity index (χ0v) is 27.1. The zero-order valence-electron chi connectivity index (χ0n) is 27.1. The number of benzene rings is 6. The van der Waals surface area contributed by atoms with Crippen LogP contribution in [-0.4, -0.2) is 19.5 Å². The highest BCUT2D eigenvalue weighted by Gasteiger charge is 2.22. The lowest BCUT2D eigenvalue weighted by Gasteiger charge is -2.11. The van der Waals surface area contributed by atoms with Crippen molar-refractivity contribution in [3.8, 4) is 39.6 Å². The Kier molecular flexibility index (Phi) is 6.56. The lowest BCUT2D eigenvalue weighted by Crippen LogP contribution is -2.03. The van der Waals surface area contributed by atoms with Crippen LogP contribution < -0.4 is 0 Å². The Morgan fingerprint density at radius 2 is 1.24 bits per heavy atom. The molecule has 0 amide bonds. The van der Waals surface area contributed by atoms with E-state index in [0.29, 0.717) is 17.5 Å². The van der Waals surface area contributed by atoms with Gasteiger partial charge in [-0.3, -0.25) is 0 Å². The number of nitrogens with zero attached hydrogens (tertiary/aromatic N) is 4. The Bertz CT molecular complexity index is 2810. The molecule has 5 nitrogen and oxygen atoms in total. The summed E-state index contributed by atoms with van der Waals surface area (Å²) in [5.41, 5.74) is 10.1. The monoisotopic (exact) mass is 642 g/mol. The Morgan fingerprint density at radius 3 is 2.08 bits per heavy atom. The Hall–Kier alpha value is -6.59. The number of furan rings is 1. The fraction of sp³-hybridized carbons (Fsp3) is 0.0444. The van der Waals surface area contributed by atoms with Crippen LogP contribution in [0.5, 0.6) is 0 Å². The topological polar surface area (TPSA) is 56.7 Å². The Balaban J connectivity index is 1.20. The molecule has 0 aliphatic heterocycles. The lowest BCUT2D eigenvalue weighted by atomic mass is 10.0. The zero-order chi connectivity index (χ0) is 33.0. The van der Waals surface area contributed by atoms with Crippen LogP contribution in [0.4, 0.5) is 0 Å². The number of fused-ring (bicyclic) bond motifs is 6. The fourth-order valence-electron chi connectivity index (χ4n) is 7.36. The minimum Gasteiger partial charge on any atom is -0.454 e. The van der Waals surface area contributed by atoms with E-state index >= 15 is 0 Å². The molecule has 50 heavy (non-hydrogen) atoms. The van der Waals surface area contributed by atoms with Crippen molar-refractivity contribution in [1.82, 2.24) is 19.5 Å². The van der Waals surface area contributed by atoms with E-state index < -0.39 is 0 Å². The van der Waals surface area contributed by atoms with E-state index in [1.807, 2.05) is 42.5 Å². The first-order valence-corrected chi connectivity index (χ1v) is 17.0. The molecule has 3 heterocycles. The van der Waals surface area contributed by atoms with Gasteiger partial charge in [-0.05, 0) is 54.3 Å². The van der Waals surface area contributed by atoms with Gasteiger partial charge in [0, 0.05) is 38.2 Å². The van der Waals surface area contributed by atoms with Crippen LogP contribution in [-0.2, 0) is 0 Å². The van der Waals surface area contributed by atoms with Gasteiger partial charge in [-0.2, -0.15) is 0 Å². The minimum atomic E-state index is 0.623. The van der Waals surface area contributed by atoms with Crippen molar-refractivity contribution in [2.24, 2.45) is 0 Å². The number of para-hydroxylation sites is 2. The molecule has 0 atom stereocenters. The van der Waals surface area contributed by atoms with Crippen LogP contribution in [0, 0.1) is 0 Å². The van der Waals surface area contributed by atoms with E-state index in [4.69, 9.17) is 19.4 Å². The number of allylic oxidation sites excluding steroid dienone is 4. The van der Waals surface area contributed by atoms with Gasteiger partial charge in [0.05, 0.1) is 16.7 Å². The third-order valence-electron chi connectivity index (χ3n) is 9.68. The Labute approximate surface area is 288 Å². The van der Waals surface area contributed by atoms with E-state index in [9.17, 15) is 0 Å². The quantitative estimate of drug-likeness (QED) is 0.187. The standard InChI is InChI=1S/C45H30N4O/c1-4-14-29(15-5-1)32-26-27-38-36(28-32)33-20-10-11-23-37(33)49(38)39-24-12-21-34-41-35(22-13-25-40(41)50-42(34)39)45-47-43(30-16-6-2-7-17-30)46-44(48-45)31-18-8-3-9-19-31/h1-2,4-8,10-28H,3,9H2. The van der Waals surface area contributed by atoms with E-state index in [1.54, 1.807) is 0 Å². The first-order chi connectivity index (χ1) is 24.8. The average Bonchev–Trinajstić information content (AvgIpc) is 3.74. The number of aromatic nitrogens is 4. The molecule has 5 heteroatoms. The van der Waals surface area contributed by atoms with Crippen molar-refractivity contribution < 1.29 is 4.42 Å². The summed E-state index contributed by atoms with van der Waals surface area (Å²) < 4.78 is 9.14. The maximum atomic E-state index is 6.81. The summed E-state index contributed by atoms with van der Waals surface area (Å²) >= 11 is 0. The van der Waals surface area contributed by atoms with Gasteiger partial charge in [0.2, 0.25) is 0 Å². The van der Waals surface area contributed by atoms with Crippen LogP contribution in [0.2, 0.25) is 0 Å². The van der Waals surface area contributed by atoms with E-state index in [-0.39, 0.29) is 0 Å². The first-order valence-electron chi connectivity index (χ1n) is 17.0. The molecular formula is C45H30N4O. The molecular weight excluding hydrogens is 613 g/mol. The highest BCUT2D eigenvalue weighted by atomic mass is 16.3. The summed E-state index contributed by atoms with van der Waals surface area (Å²) in [4.78, 5) is 15.1. The van der Waals surface area contributed by atoms with Gasteiger partial charge in [-0.1, -0.05) is 127 Å². The molecule has 1 aliphatic rings. The molecule has 6 aromatic carbocycles. The van der Waals surface area contributed by atoms with Gasteiger partial charge >= 0.3 is 0 Å². The second-order valence-corrected chi connectivity index (χ2v) is 12.7. The normalized spacial score (nSPS) is 13.1. The maximum Gasteiger partial charge on any atom is 0.164 e. The largest absolute Gasteiger partial charge is 0.454 e. The average molecular weight is 643 g/mol. The van der Waals surface area contributed by atoms with Gasteiger partial charge < -0.3 is 8.98 Å². The number of rotatable bonds is 5. The van der Waals surface area contributed by atoms with E-state index in [1.165, 1.54) is 21.9 Å². The van der Waals surface area contributed by atoms with Gasteiger partial charge in [0.25, 0.3) is 0 Å². The number of hydrogen-bond donors (Lipinski definition) is 0. The third kappa shape index (κ3) is 4.59. The lowest BCUT2D eigenvalue weighted by molar-refractivity contribution is 0.666. The second kappa shape index (κ2) is 11.5. The first kappa shape index (κ1) is 28.4. The van der Waals surface area contributed by atoms with Gasteiger partial charge in [0.1, 0.15) is 5.58 Å². The van der Waals surface area contributed by atoms with Crippen molar-refractivity contribution in [3.05, 3.63) is 164 Å². The maximum absolute atomic E-state index is 6.81. The second-order valence-electron chi connectivity index (χ2n) is 12.7. The van der Waals surface area contributed by atoms with Crippen molar-refractivity contribution >= 4 is 49.3 Å². The Morgan fingerprint density at radius 1 is 0.520 bits per heavy atom. The number of hydrogen-bond acceptors (Lipinski definition) is 4.